The maximum Gasteiger partial charge on any atom is 0.472 e. The second-order valence-electron chi connectivity index (χ2n) is 12.2. The molecule has 0 aromatic carbocycles. The molecule has 246 valence electrons. The van der Waals surface area contributed by atoms with Gasteiger partial charge in [0, 0.05) is 11.3 Å². The molecule has 11 atom stereocenters. The van der Waals surface area contributed by atoms with Crippen molar-refractivity contribution in [2.75, 3.05) is 18.9 Å². The predicted octanol–water partition coefficient (Wildman–Crippen LogP) is -0.288. The van der Waals surface area contributed by atoms with Crippen molar-refractivity contribution in [3.63, 3.8) is 0 Å². The lowest BCUT2D eigenvalue weighted by molar-refractivity contribution is -0.0516. The summed E-state index contributed by atoms with van der Waals surface area (Å²) in [6.45, 7) is 0.541. The molecular formula is C24H29N9O11P2. The number of phosphoric ester groups is 2. The van der Waals surface area contributed by atoms with Gasteiger partial charge in [0.05, 0.1) is 38.0 Å². The number of fused-ring (bicyclic) bond motifs is 3. The predicted molar refractivity (Wildman–Crippen MR) is 153 cm³/mol. The van der Waals surface area contributed by atoms with Crippen molar-refractivity contribution in [1.82, 2.24) is 39.0 Å². The number of H-pyrrole nitrogens is 1. The van der Waals surface area contributed by atoms with E-state index in [4.69, 9.17) is 23.8 Å². The number of aliphatic hydroxyl groups excluding tert-OH is 2. The Morgan fingerprint density at radius 2 is 1.74 bits per heavy atom. The zero-order chi connectivity index (χ0) is 32.3. The SMILES string of the molecule is Cc1nc2c(ncn2[C@H]2[C@H](O)[C@@H]3OP(=O)(O)OC[C@H]4C[C@@H](n5cnc6c(N)ncnc65)[C@H](O)[C@@H]4OP(=O)(O)OCC34C[C@H]24)c(=O)[nH]1. The van der Waals surface area contributed by atoms with E-state index < -0.39 is 88.2 Å². The van der Waals surface area contributed by atoms with E-state index in [1.54, 1.807) is 6.92 Å². The summed E-state index contributed by atoms with van der Waals surface area (Å²) in [6.07, 6.45) is -1.43. The standard InChI is InChI=1S/C24H29N9O11P2/c1-9-30-22-14(23(36)31-9)29-8-33(22)15-11-3-24(11)5-42-46(39,40)43-18-10(4-41-45(37,38)44-19(24)17(15)35)2-12(16(18)34)32-7-28-13-20(25)26-6-27-21(13)32/h6-8,10-12,15-19,34-35H,2-5H2,1H3,(H,37,38)(H,39,40)(H2,25,26,27)(H,30,31,36)/t10-,11-,12-,15-,16+,17+,18-,19+,24?/m1/s1. The average Bonchev–Trinajstić information content (AvgIpc) is 3.25. The van der Waals surface area contributed by atoms with E-state index in [1.165, 1.54) is 28.1 Å². The third-order valence-corrected chi connectivity index (χ3v) is 11.6. The van der Waals surface area contributed by atoms with Crippen molar-refractivity contribution in [2.45, 2.75) is 56.3 Å². The summed E-state index contributed by atoms with van der Waals surface area (Å²) < 4.78 is 51.7. The van der Waals surface area contributed by atoms with E-state index in [2.05, 4.69) is 29.9 Å². The molecule has 4 aromatic rings. The first kappa shape index (κ1) is 30.2. The quantitative estimate of drug-likeness (QED) is 0.148. The summed E-state index contributed by atoms with van der Waals surface area (Å²) in [5, 5.41) is 22.8. The highest BCUT2D eigenvalue weighted by Crippen LogP contribution is 2.72. The first-order chi connectivity index (χ1) is 21.8. The van der Waals surface area contributed by atoms with Crippen LogP contribution in [0.5, 0.6) is 0 Å². The molecule has 20 nitrogen and oxygen atoms in total. The van der Waals surface area contributed by atoms with Gasteiger partial charge in [0.1, 0.15) is 42.1 Å². The zero-order valence-electron chi connectivity index (χ0n) is 23.9. The molecule has 46 heavy (non-hydrogen) atoms. The monoisotopic (exact) mass is 681 g/mol. The van der Waals surface area contributed by atoms with Crippen LogP contribution in [0, 0.1) is 24.2 Å². The summed E-state index contributed by atoms with van der Waals surface area (Å²) in [7, 11) is -9.78. The first-order valence-electron chi connectivity index (χ1n) is 14.3. The molecule has 3 aliphatic carbocycles. The molecule has 4 aromatic heterocycles. The normalized spacial score (nSPS) is 41.1. The molecule has 0 radical (unpaired) electrons. The minimum Gasteiger partial charge on any atom is -0.388 e. The Labute approximate surface area is 257 Å². The van der Waals surface area contributed by atoms with Crippen LogP contribution in [0.3, 0.4) is 0 Å². The van der Waals surface area contributed by atoms with Crippen LogP contribution < -0.4 is 11.3 Å². The van der Waals surface area contributed by atoms with Gasteiger partial charge in [0.25, 0.3) is 5.56 Å². The van der Waals surface area contributed by atoms with Gasteiger partial charge in [-0.15, -0.1) is 0 Å². The zero-order valence-corrected chi connectivity index (χ0v) is 25.7. The van der Waals surface area contributed by atoms with Crippen LogP contribution in [-0.4, -0.2) is 96.7 Å². The Kier molecular flexibility index (Phi) is 6.67. The molecule has 1 aliphatic heterocycles. The van der Waals surface area contributed by atoms with E-state index in [9.17, 15) is 33.9 Å². The van der Waals surface area contributed by atoms with Crippen LogP contribution >= 0.6 is 15.6 Å². The molecule has 1 saturated heterocycles. The fourth-order valence-electron chi connectivity index (χ4n) is 7.46. The maximum atomic E-state index is 13.4. The number of hydrogen-bond acceptors (Lipinski definition) is 15. The molecule has 0 amide bonds. The van der Waals surface area contributed by atoms with Crippen molar-refractivity contribution < 1.29 is 47.2 Å². The highest BCUT2D eigenvalue weighted by molar-refractivity contribution is 7.47. The lowest BCUT2D eigenvalue weighted by Crippen LogP contribution is -2.39. The Morgan fingerprint density at radius 1 is 1.00 bits per heavy atom. The molecule has 5 heterocycles. The topological polar surface area (TPSA) is 285 Å². The molecule has 22 heteroatoms. The second-order valence-corrected chi connectivity index (χ2v) is 15.1. The van der Waals surface area contributed by atoms with E-state index in [0.29, 0.717) is 11.5 Å². The lowest BCUT2D eigenvalue weighted by Gasteiger charge is -2.32. The number of hydrogen-bond donors (Lipinski definition) is 6. The second kappa shape index (κ2) is 10.2. The highest BCUT2D eigenvalue weighted by atomic mass is 31.2. The molecule has 4 fully saturated rings. The van der Waals surface area contributed by atoms with Crippen molar-refractivity contribution >= 4 is 43.8 Å². The van der Waals surface area contributed by atoms with E-state index in [-0.39, 0.29) is 35.3 Å². The summed E-state index contributed by atoms with van der Waals surface area (Å²) in [6, 6.07) is -1.66. The van der Waals surface area contributed by atoms with Gasteiger partial charge in [-0.1, -0.05) is 0 Å². The minimum absolute atomic E-state index is 0.0305. The van der Waals surface area contributed by atoms with Gasteiger partial charge in [-0.25, -0.2) is 34.0 Å². The van der Waals surface area contributed by atoms with E-state index >= 15 is 0 Å². The number of rotatable bonds is 2. The number of aryl methyl sites for hydroxylation is 1. The summed E-state index contributed by atoms with van der Waals surface area (Å²) in [4.78, 5) is 57.5. The molecule has 3 saturated carbocycles. The fourth-order valence-corrected chi connectivity index (χ4v) is 9.59. The molecular weight excluding hydrogens is 652 g/mol. The summed E-state index contributed by atoms with van der Waals surface area (Å²) >= 11 is 0. The number of nitrogen functional groups attached to an aromatic ring is 1. The van der Waals surface area contributed by atoms with E-state index in [1.807, 2.05) is 0 Å². The molecule has 0 bridgehead atoms. The molecule has 3 unspecified atom stereocenters. The van der Waals surface area contributed by atoms with Crippen LogP contribution in [0.2, 0.25) is 0 Å². The van der Waals surface area contributed by atoms with Gasteiger partial charge in [0.2, 0.25) is 0 Å². The van der Waals surface area contributed by atoms with Crippen molar-refractivity contribution in [1.29, 1.82) is 0 Å². The third-order valence-electron chi connectivity index (χ3n) is 9.62. The van der Waals surface area contributed by atoms with Crippen LogP contribution in [0.4, 0.5) is 5.82 Å². The van der Waals surface area contributed by atoms with Gasteiger partial charge in [-0.05, 0) is 25.7 Å². The van der Waals surface area contributed by atoms with Gasteiger partial charge >= 0.3 is 15.6 Å². The lowest BCUT2D eigenvalue weighted by atomic mass is 10.0. The van der Waals surface area contributed by atoms with Crippen molar-refractivity contribution in [3.8, 4) is 0 Å². The van der Waals surface area contributed by atoms with Crippen molar-refractivity contribution in [3.05, 3.63) is 35.2 Å². The Hall–Kier alpha value is -3.16. The molecule has 8 rings (SSSR count). The summed E-state index contributed by atoms with van der Waals surface area (Å²) in [5.41, 5.74) is 4.99. The third kappa shape index (κ3) is 4.59. The van der Waals surface area contributed by atoms with Crippen LogP contribution in [0.25, 0.3) is 22.3 Å². The first-order valence-corrected chi connectivity index (χ1v) is 17.3. The largest absolute Gasteiger partial charge is 0.472 e. The average molecular weight is 681 g/mol. The number of nitrogens with zero attached hydrogens (tertiary/aromatic N) is 7. The molecule has 7 N–H and O–H groups in total. The van der Waals surface area contributed by atoms with Gasteiger partial charge in [0.15, 0.2) is 22.6 Å². The number of phosphoric acid groups is 2. The fraction of sp³-hybridized carbons (Fsp3) is 0.583. The number of nitrogens with two attached hydrogens (primary N) is 1. The Morgan fingerprint density at radius 3 is 2.54 bits per heavy atom. The number of anilines is 1. The van der Waals surface area contributed by atoms with E-state index in [0.717, 1.165) is 0 Å². The van der Waals surface area contributed by atoms with Crippen molar-refractivity contribution in [2.24, 2.45) is 17.3 Å². The number of nitrogens with one attached hydrogen (secondary N) is 1. The number of imidazole rings is 2. The van der Waals surface area contributed by atoms with Crippen LogP contribution in [0.15, 0.2) is 23.8 Å². The Balaban J connectivity index is 1.11. The number of aromatic amines is 1. The van der Waals surface area contributed by atoms with Crippen LogP contribution in [0.1, 0.15) is 30.7 Å². The van der Waals surface area contributed by atoms with Gasteiger partial charge in [-0.3, -0.25) is 22.9 Å². The highest BCUT2D eigenvalue weighted by Gasteiger charge is 2.74. The minimum atomic E-state index is -4.89. The Bertz CT molecular complexity index is 2040. The maximum absolute atomic E-state index is 13.4. The summed E-state index contributed by atoms with van der Waals surface area (Å²) in [5.74, 6) is -0.989. The number of aliphatic hydroxyl groups is 2. The van der Waals surface area contributed by atoms with Crippen LogP contribution in [-0.2, 0) is 27.2 Å². The number of aromatic nitrogens is 8. The van der Waals surface area contributed by atoms with Gasteiger partial charge < -0.3 is 39.9 Å². The smallest absolute Gasteiger partial charge is 0.388 e. The molecule has 4 aliphatic rings. The molecule has 1 spiro atoms. The van der Waals surface area contributed by atoms with Gasteiger partial charge in [-0.2, -0.15) is 0 Å².